The van der Waals surface area contributed by atoms with Gasteiger partial charge in [0.05, 0.1) is 0 Å². The Morgan fingerprint density at radius 2 is 1.47 bits per heavy atom. The maximum atomic E-state index is 11.8. The van der Waals surface area contributed by atoms with Gasteiger partial charge in [-0.3, -0.25) is 9.11 Å². The quantitative estimate of drug-likeness (QED) is 0.214. The van der Waals surface area contributed by atoms with Crippen LogP contribution in [-0.4, -0.2) is 36.2 Å². The van der Waals surface area contributed by atoms with Crippen LogP contribution in [0.25, 0.3) is 10.8 Å². The monoisotopic (exact) mass is 473 g/mol. The summed E-state index contributed by atoms with van der Waals surface area (Å²) in [5.74, 6) is -1.70. The van der Waals surface area contributed by atoms with Crippen molar-refractivity contribution in [2.75, 3.05) is 5.73 Å². The van der Waals surface area contributed by atoms with Crippen LogP contribution in [0.2, 0.25) is 5.02 Å². The average Bonchev–Trinajstić information content (AvgIpc) is 2.61. The molecule has 0 unspecified atom stereocenters. The normalized spacial score (nSPS) is 12.6. The summed E-state index contributed by atoms with van der Waals surface area (Å²) in [7, 11) is -9.76. The van der Waals surface area contributed by atoms with Gasteiger partial charge in [-0.2, -0.15) is 16.8 Å². The van der Waals surface area contributed by atoms with Crippen molar-refractivity contribution < 1.29 is 36.2 Å². The predicted octanol–water partition coefficient (Wildman–Crippen LogP) is 3.40. The van der Waals surface area contributed by atoms with Crippen LogP contribution in [0.5, 0.6) is 11.5 Å². The molecule has 3 aromatic rings. The van der Waals surface area contributed by atoms with Crippen molar-refractivity contribution in [1.82, 2.24) is 0 Å². The number of nitrogens with zero attached hydrogens (tertiary/aromatic N) is 2. The zero-order valence-corrected chi connectivity index (χ0v) is 16.9. The first-order valence-electron chi connectivity index (χ1n) is 7.73. The summed E-state index contributed by atoms with van der Waals surface area (Å²) in [5.41, 5.74) is 4.65. The first-order valence-corrected chi connectivity index (χ1v) is 11.0. The van der Waals surface area contributed by atoms with Crippen LogP contribution in [-0.2, 0) is 20.2 Å². The molecular formula is C16H12ClN3O8S2. The zero-order valence-electron chi connectivity index (χ0n) is 14.6. The van der Waals surface area contributed by atoms with Crippen molar-refractivity contribution in [3.63, 3.8) is 0 Å². The first-order chi connectivity index (χ1) is 13.8. The summed E-state index contributed by atoms with van der Waals surface area (Å²) in [6, 6.07) is 6.88. The number of fused-ring (bicyclic) bond motifs is 1. The van der Waals surface area contributed by atoms with Gasteiger partial charge in [0.2, 0.25) is 0 Å². The Balaban J connectivity index is 2.29. The van der Waals surface area contributed by atoms with Crippen LogP contribution in [0.4, 0.5) is 17.1 Å². The highest BCUT2D eigenvalue weighted by Crippen LogP contribution is 2.43. The molecule has 0 aromatic heterocycles. The zero-order chi connectivity index (χ0) is 22.4. The Morgan fingerprint density at radius 1 is 0.833 bits per heavy atom. The fourth-order valence-electron chi connectivity index (χ4n) is 2.60. The number of anilines is 1. The average molecular weight is 474 g/mol. The van der Waals surface area contributed by atoms with Crippen molar-refractivity contribution in [3.05, 3.63) is 41.4 Å². The highest BCUT2D eigenvalue weighted by atomic mass is 35.5. The minimum atomic E-state index is -4.89. The Hall–Kier alpha value is -2.97. The number of rotatable bonds is 4. The fourth-order valence-corrected chi connectivity index (χ4v) is 4.16. The van der Waals surface area contributed by atoms with E-state index < -0.39 is 52.9 Å². The number of nitrogen functional groups attached to an aromatic ring is 1. The lowest BCUT2D eigenvalue weighted by Crippen LogP contribution is -1.99. The summed E-state index contributed by atoms with van der Waals surface area (Å²) in [4.78, 5) is -1.78. The molecule has 14 heteroatoms. The molecule has 11 nitrogen and oxygen atoms in total. The molecule has 6 N–H and O–H groups in total. The highest BCUT2D eigenvalue weighted by molar-refractivity contribution is 7.86. The second-order valence-electron chi connectivity index (χ2n) is 5.97. The van der Waals surface area contributed by atoms with E-state index in [1.165, 1.54) is 18.2 Å². The van der Waals surface area contributed by atoms with Crippen molar-refractivity contribution in [2.24, 2.45) is 10.2 Å². The topological polar surface area (TPSA) is 200 Å². The van der Waals surface area contributed by atoms with E-state index in [-0.39, 0.29) is 21.5 Å². The van der Waals surface area contributed by atoms with Gasteiger partial charge >= 0.3 is 0 Å². The second kappa shape index (κ2) is 7.37. The molecule has 0 aliphatic rings. The van der Waals surface area contributed by atoms with E-state index in [0.717, 1.165) is 18.2 Å². The summed E-state index contributed by atoms with van der Waals surface area (Å²) >= 11 is 5.75. The minimum Gasteiger partial charge on any atom is -0.505 e. The van der Waals surface area contributed by atoms with Crippen LogP contribution >= 0.6 is 11.6 Å². The standard InChI is InChI=1S/C16H12ClN3O8S2/c17-8-5-11(16(22)13(6-8)30(26,27)28)19-20-14-12(29(23,24)25)4-7-3-9(18)1-2-10(7)15(14)21/h1-6,21-22H,18H2,(H,23,24,25)(H,26,27,28). The first kappa shape index (κ1) is 21.7. The number of phenolic OH excluding ortho intramolecular Hbond substituents is 2. The van der Waals surface area contributed by atoms with Gasteiger partial charge in [0, 0.05) is 16.1 Å². The Kier molecular flexibility index (Phi) is 5.34. The summed E-state index contributed by atoms with van der Waals surface area (Å²) in [6.07, 6.45) is 0. The summed E-state index contributed by atoms with van der Waals surface area (Å²) < 4.78 is 64.9. The molecule has 0 saturated heterocycles. The van der Waals surface area contributed by atoms with Gasteiger partial charge in [-0.05, 0) is 41.8 Å². The van der Waals surface area contributed by atoms with Crippen molar-refractivity contribution in [1.29, 1.82) is 0 Å². The third kappa shape index (κ3) is 4.15. The molecule has 0 aliphatic heterocycles. The molecule has 3 aromatic carbocycles. The maximum Gasteiger partial charge on any atom is 0.298 e. The predicted molar refractivity (Wildman–Crippen MR) is 107 cm³/mol. The number of hydrogen-bond acceptors (Lipinski definition) is 9. The van der Waals surface area contributed by atoms with Crippen LogP contribution in [0.1, 0.15) is 0 Å². The fraction of sp³-hybridized carbons (Fsp3) is 0. The highest BCUT2D eigenvalue weighted by Gasteiger charge is 2.23. The molecule has 0 amide bonds. The van der Waals surface area contributed by atoms with Crippen LogP contribution in [0.3, 0.4) is 0 Å². The SMILES string of the molecule is Nc1ccc2c(O)c(N=Nc3cc(Cl)cc(S(=O)(=O)O)c3O)c(S(=O)(=O)O)cc2c1. The van der Waals surface area contributed by atoms with Crippen LogP contribution in [0.15, 0.2) is 56.4 Å². The molecule has 0 aliphatic carbocycles. The Morgan fingerprint density at radius 3 is 2.07 bits per heavy atom. The van der Waals surface area contributed by atoms with E-state index in [4.69, 9.17) is 21.9 Å². The van der Waals surface area contributed by atoms with Gasteiger partial charge in [-0.25, -0.2) is 0 Å². The van der Waals surface area contributed by atoms with Gasteiger partial charge in [0.1, 0.15) is 21.2 Å². The molecule has 0 radical (unpaired) electrons. The summed E-state index contributed by atoms with van der Waals surface area (Å²) in [6.45, 7) is 0. The van der Waals surface area contributed by atoms with E-state index in [9.17, 15) is 31.6 Å². The van der Waals surface area contributed by atoms with Crippen LogP contribution in [0, 0.1) is 0 Å². The molecule has 0 spiro atoms. The molecule has 0 bridgehead atoms. The van der Waals surface area contributed by atoms with Crippen molar-refractivity contribution in [3.8, 4) is 11.5 Å². The van der Waals surface area contributed by atoms with Gasteiger partial charge in [0.25, 0.3) is 20.2 Å². The molecule has 3 rings (SSSR count). The van der Waals surface area contributed by atoms with Crippen LogP contribution < -0.4 is 5.73 Å². The minimum absolute atomic E-state index is 0.125. The Labute approximate surface area is 174 Å². The van der Waals surface area contributed by atoms with E-state index in [1.54, 1.807) is 0 Å². The maximum absolute atomic E-state index is 11.8. The Bertz CT molecular complexity index is 1440. The molecular weight excluding hydrogens is 462 g/mol. The van der Waals surface area contributed by atoms with E-state index in [0.29, 0.717) is 0 Å². The molecule has 158 valence electrons. The summed E-state index contributed by atoms with van der Waals surface area (Å²) in [5, 5.41) is 27.6. The lowest BCUT2D eigenvalue weighted by molar-refractivity contribution is 0.444. The number of aromatic hydroxyl groups is 2. The lowest BCUT2D eigenvalue weighted by Gasteiger charge is -2.09. The third-order valence-corrected chi connectivity index (χ3v) is 5.86. The molecule has 0 heterocycles. The number of benzene rings is 3. The lowest BCUT2D eigenvalue weighted by atomic mass is 10.1. The number of hydrogen-bond donors (Lipinski definition) is 5. The van der Waals surface area contributed by atoms with Gasteiger partial charge < -0.3 is 15.9 Å². The second-order valence-corrected chi connectivity index (χ2v) is 9.19. The molecule has 0 saturated carbocycles. The van der Waals surface area contributed by atoms with E-state index >= 15 is 0 Å². The number of phenols is 2. The van der Waals surface area contributed by atoms with Crippen molar-refractivity contribution >= 4 is 59.7 Å². The van der Waals surface area contributed by atoms with Gasteiger partial charge in [-0.15, -0.1) is 10.2 Å². The molecule has 0 atom stereocenters. The van der Waals surface area contributed by atoms with Crippen molar-refractivity contribution in [2.45, 2.75) is 9.79 Å². The third-order valence-electron chi connectivity index (χ3n) is 3.91. The van der Waals surface area contributed by atoms with Gasteiger partial charge in [0.15, 0.2) is 11.5 Å². The van der Waals surface area contributed by atoms with Gasteiger partial charge in [-0.1, -0.05) is 11.6 Å². The molecule has 30 heavy (non-hydrogen) atoms. The number of nitrogens with two attached hydrogens (primary N) is 1. The largest absolute Gasteiger partial charge is 0.505 e. The number of halogens is 1. The smallest absolute Gasteiger partial charge is 0.298 e. The van der Waals surface area contributed by atoms with E-state index in [2.05, 4.69) is 10.2 Å². The number of azo groups is 1. The molecule has 0 fully saturated rings. The van der Waals surface area contributed by atoms with E-state index in [1.807, 2.05) is 0 Å².